The van der Waals surface area contributed by atoms with E-state index in [4.69, 9.17) is 19.8 Å². The molecule has 72 valence electrons. The molecule has 2 N–H and O–H groups in total. The predicted molar refractivity (Wildman–Crippen MR) is 49.0 cm³/mol. The van der Waals surface area contributed by atoms with Gasteiger partial charge in [0.15, 0.2) is 0 Å². The van der Waals surface area contributed by atoms with Gasteiger partial charge in [-0.05, 0) is 0 Å². The molecule has 0 aromatic heterocycles. The number of hydrogen-bond acceptors (Lipinski definition) is 1. The molecule has 0 amide bonds. The molecule has 0 aliphatic rings. The van der Waals surface area contributed by atoms with Crippen molar-refractivity contribution in [2.24, 2.45) is 0 Å². The molecule has 0 aliphatic carbocycles. The van der Waals surface area contributed by atoms with Crippen molar-refractivity contribution in [2.75, 3.05) is 0 Å². The Kier molecular flexibility index (Phi) is 6.02. The molecule has 0 saturated heterocycles. The van der Waals surface area contributed by atoms with Gasteiger partial charge in [-0.3, -0.25) is 0 Å². The Bertz CT molecular complexity index is 197. The average Bonchev–Trinajstić information content (AvgIpc) is 1.84. The summed E-state index contributed by atoms with van der Waals surface area (Å²) >= 11 is 0.952. The first-order valence-electron chi connectivity index (χ1n) is 3.88. The Labute approximate surface area is 80.4 Å². The van der Waals surface area contributed by atoms with Gasteiger partial charge >= 0.3 is 80.2 Å². The second-order valence-corrected chi connectivity index (χ2v) is 6.12. The topological polar surface area (TPSA) is 57.5 Å². The minimum atomic E-state index is -4.63. The SMILES string of the molecule is CCCCCC(Cl)=C[As](=O)(O)O. The van der Waals surface area contributed by atoms with E-state index in [0.717, 1.165) is 24.1 Å². The second kappa shape index (κ2) is 5.87. The van der Waals surface area contributed by atoms with Crippen molar-refractivity contribution >= 4 is 25.8 Å². The van der Waals surface area contributed by atoms with Crippen LogP contribution in [0.25, 0.3) is 0 Å². The van der Waals surface area contributed by atoms with Gasteiger partial charge in [0.05, 0.1) is 0 Å². The van der Waals surface area contributed by atoms with E-state index in [9.17, 15) is 3.74 Å². The third kappa shape index (κ3) is 8.41. The van der Waals surface area contributed by atoms with E-state index >= 15 is 0 Å². The Balaban J connectivity index is 3.79. The van der Waals surface area contributed by atoms with E-state index in [1.165, 1.54) is 0 Å². The molecule has 0 bridgehead atoms. The quantitative estimate of drug-likeness (QED) is 0.580. The van der Waals surface area contributed by atoms with Crippen LogP contribution in [0.1, 0.15) is 32.6 Å². The maximum absolute atomic E-state index is 10.5. The fourth-order valence-corrected chi connectivity index (χ4v) is 2.62. The molecular weight excluding hydrogens is 242 g/mol. The maximum atomic E-state index is 10.5. The van der Waals surface area contributed by atoms with Gasteiger partial charge in [0.2, 0.25) is 0 Å². The van der Waals surface area contributed by atoms with Gasteiger partial charge in [-0.1, -0.05) is 0 Å². The zero-order valence-corrected chi connectivity index (χ0v) is 9.67. The van der Waals surface area contributed by atoms with Crippen LogP contribution < -0.4 is 0 Å². The van der Waals surface area contributed by atoms with Crippen molar-refractivity contribution in [3.8, 4) is 0 Å². The van der Waals surface area contributed by atoms with Crippen LogP contribution in [0.4, 0.5) is 0 Å². The van der Waals surface area contributed by atoms with Gasteiger partial charge in [0, 0.05) is 0 Å². The van der Waals surface area contributed by atoms with Gasteiger partial charge in [-0.2, -0.15) is 0 Å². The van der Waals surface area contributed by atoms with Gasteiger partial charge in [-0.15, -0.1) is 0 Å². The summed E-state index contributed by atoms with van der Waals surface area (Å²) < 4.78 is 27.6. The van der Waals surface area contributed by atoms with E-state index in [0.29, 0.717) is 6.42 Å². The van der Waals surface area contributed by atoms with Crippen molar-refractivity contribution in [3.05, 3.63) is 9.90 Å². The molecule has 0 aromatic carbocycles. The number of hydrogen-bond donors (Lipinski definition) is 2. The summed E-state index contributed by atoms with van der Waals surface area (Å²) in [5.74, 6) is 0. The summed E-state index contributed by atoms with van der Waals surface area (Å²) in [5.41, 5.74) is 0. The molecule has 5 heteroatoms. The van der Waals surface area contributed by atoms with Crippen molar-refractivity contribution in [2.45, 2.75) is 32.6 Å². The minimum absolute atomic E-state index is 0.288. The monoisotopic (exact) mass is 256 g/mol. The Morgan fingerprint density at radius 1 is 1.50 bits per heavy atom. The van der Waals surface area contributed by atoms with Crippen molar-refractivity contribution < 1.29 is 11.9 Å². The zero-order chi connectivity index (χ0) is 9.61. The summed E-state index contributed by atoms with van der Waals surface area (Å²) in [6.45, 7) is 2.06. The Hall–Kier alpha value is 0.308. The summed E-state index contributed by atoms with van der Waals surface area (Å²) in [6.07, 6.45) is 3.58. The van der Waals surface area contributed by atoms with Crippen molar-refractivity contribution in [3.63, 3.8) is 0 Å². The number of allylic oxidation sites excluding steroid dienone is 1. The van der Waals surface area contributed by atoms with Gasteiger partial charge in [0.25, 0.3) is 0 Å². The molecule has 0 unspecified atom stereocenters. The number of rotatable bonds is 5. The molecular formula is C7H14AsClO3. The van der Waals surface area contributed by atoms with E-state index in [1.54, 1.807) is 0 Å². The molecule has 0 saturated carbocycles. The summed E-state index contributed by atoms with van der Waals surface area (Å²) in [5, 5.41) is 0.288. The standard InChI is InChI=1S/C7H14AsClO3/c1-2-3-4-5-7(9)6-8(10,11)12/h6H,2-5H2,1H3,(H2,10,11,12). The summed E-state index contributed by atoms with van der Waals surface area (Å²) in [4.78, 5) is 0.884. The zero-order valence-electron chi connectivity index (χ0n) is 7.03. The van der Waals surface area contributed by atoms with Gasteiger partial charge < -0.3 is 0 Å². The average molecular weight is 257 g/mol. The van der Waals surface area contributed by atoms with Gasteiger partial charge in [0.1, 0.15) is 0 Å². The van der Waals surface area contributed by atoms with Crippen molar-refractivity contribution in [1.82, 2.24) is 0 Å². The van der Waals surface area contributed by atoms with Crippen molar-refractivity contribution in [1.29, 1.82) is 0 Å². The van der Waals surface area contributed by atoms with Crippen LogP contribution in [0.15, 0.2) is 9.90 Å². The Morgan fingerprint density at radius 3 is 2.50 bits per heavy atom. The fourth-order valence-electron chi connectivity index (χ4n) is 0.791. The van der Waals surface area contributed by atoms with Crippen LogP contribution in [0.5, 0.6) is 0 Å². The Morgan fingerprint density at radius 2 is 2.08 bits per heavy atom. The molecule has 0 heterocycles. The third-order valence-corrected chi connectivity index (χ3v) is 3.32. The van der Waals surface area contributed by atoms with E-state index in [-0.39, 0.29) is 5.03 Å². The normalized spacial score (nSPS) is 13.5. The molecule has 0 atom stereocenters. The first-order valence-corrected chi connectivity index (χ1v) is 7.79. The van der Waals surface area contributed by atoms with Crippen LogP contribution in [0.2, 0.25) is 0 Å². The predicted octanol–water partition coefficient (Wildman–Crippen LogP) is 1.58. The molecule has 0 aromatic rings. The molecule has 12 heavy (non-hydrogen) atoms. The number of halogens is 1. The molecule has 0 radical (unpaired) electrons. The molecule has 0 fully saturated rings. The summed E-state index contributed by atoms with van der Waals surface area (Å²) in [6, 6.07) is 0. The third-order valence-electron chi connectivity index (χ3n) is 1.33. The molecule has 0 spiro atoms. The first-order chi connectivity index (χ1) is 5.45. The fraction of sp³-hybridized carbons (Fsp3) is 0.714. The first kappa shape index (κ1) is 12.3. The summed E-state index contributed by atoms with van der Waals surface area (Å²) in [7, 11) is 0. The van der Waals surface area contributed by atoms with Crippen LogP contribution in [-0.4, -0.2) is 22.4 Å². The van der Waals surface area contributed by atoms with Crippen LogP contribution >= 0.6 is 11.6 Å². The number of unbranched alkanes of at least 4 members (excludes halogenated alkanes) is 2. The van der Waals surface area contributed by atoms with E-state index < -0.39 is 14.2 Å². The van der Waals surface area contributed by atoms with Crippen LogP contribution in [-0.2, 0) is 3.74 Å². The van der Waals surface area contributed by atoms with Crippen LogP contribution in [0.3, 0.4) is 0 Å². The second-order valence-electron chi connectivity index (χ2n) is 2.62. The molecule has 3 nitrogen and oxygen atoms in total. The molecule has 0 aliphatic heterocycles. The molecule has 0 rings (SSSR count). The van der Waals surface area contributed by atoms with Crippen LogP contribution in [0, 0.1) is 0 Å². The van der Waals surface area contributed by atoms with E-state index in [2.05, 4.69) is 6.92 Å². The van der Waals surface area contributed by atoms with E-state index in [1.807, 2.05) is 0 Å². The van der Waals surface area contributed by atoms with Gasteiger partial charge in [-0.25, -0.2) is 0 Å².